The fraction of sp³-hybridized carbons (Fsp3) is 0.333. The quantitative estimate of drug-likeness (QED) is 0.886. The molecular formula is C12H15BrN4S. The maximum absolute atomic E-state index is 5.68. The molecule has 2 rings (SSSR count). The second kappa shape index (κ2) is 6.26. The van der Waals surface area contributed by atoms with Crippen molar-refractivity contribution in [2.24, 2.45) is 5.73 Å². The van der Waals surface area contributed by atoms with Gasteiger partial charge in [-0.2, -0.15) is 0 Å². The van der Waals surface area contributed by atoms with E-state index in [2.05, 4.69) is 31.4 Å². The second-order valence-corrected chi connectivity index (χ2v) is 5.95. The largest absolute Gasteiger partial charge is 0.369 e. The standard InChI is InChI=1S/C12H15BrN4S/c1-8(14)4-5-15-12-3-2-10(16-17-12)11-6-9(13)7-18-11/h2-3,6-8H,4-5,14H2,1H3,(H,15,17). The van der Waals surface area contributed by atoms with Crippen molar-refractivity contribution in [1.29, 1.82) is 0 Å². The van der Waals surface area contributed by atoms with Crippen molar-refractivity contribution in [3.8, 4) is 10.6 Å². The van der Waals surface area contributed by atoms with E-state index in [1.54, 1.807) is 11.3 Å². The third-order valence-electron chi connectivity index (χ3n) is 2.39. The molecule has 2 heterocycles. The van der Waals surface area contributed by atoms with Crippen molar-refractivity contribution in [2.75, 3.05) is 11.9 Å². The first-order valence-corrected chi connectivity index (χ1v) is 7.40. The highest BCUT2D eigenvalue weighted by atomic mass is 79.9. The molecule has 0 aliphatic carbocycles. The van der Waals surface area contributed by atoms with Crippen molar-refractivity contribution in [1.82, 2.24) is 10.2 Å². The summed E-state index contributed by atoms with van der Waals surface area (Å²) in [5.74, 6) is 0.787. The van der Waals surface area contributed by atoms with Crippen LogP contribution in [0.1, 0.15) is 13.3 Å². The highest BCUT2D eigenvalue weighted by Gasteiger charge is 2.04. The number of nitrogens with two attached hydrogens (primary N) is 1. The summed E-state index contributed by atoms with van der Waals surface area (Å²) < 4.78 is 1.07. The van der Waals surface area contributed by atoms with Crippen LogP contribution < -0.4 is 11.1 Å². The molecule has 2 aromatic rings. The van der Waals surface area contributed by atoms with Crippen LogP contribution in [-0.2, 0) is 0 Å². The zero-order valence-corrected chi connectivity index (χ0v) is 12.5. The molecule has 0 saturated heterocycles. The number of aromatic nitrogens is 2. The number of nitrogens with zero attached hydrogens (tertiary/aromatic N) is 2. The first-order chi connectivity index (χ1) is 8.65. The maximum atomic E-state index is 5.68. The molecule has 0 fully saturated rings. The molecule has 0 saturated carbocycles. The number of rotatable bonds is 5. The van der Waals surface area contributed by atoms with Crippen LogP contribution >= 0.6 is 27.3 Å². The number of hydrogen-bond donors (Lipinski definition) is 2. The Labute approximate surface area is 119 Å². The van der Waals surface area contributed by atoms with Gasteiger partial charge in [0.2, 0.25) is 0 Å². The van der Waals surface area contributed by atoms with E-state index in [0.29, 0.717) is 0 Å². The molecule has 4 nitrogen and oxygen atoms in total. The van der Waals surface area contributed by atoms with E-state index in [4.69, 9.17) is 5.73 Å². The Morgan fingerprint density at radius 1 is 1.44 bits per heavy atom. The third kappa shape index (κ3) is 3.76. The second-order valence-electron chi connectivity index (χ2n) is 4.13. The van der Waals surface area contributed by atoms with Crippen molar-refractivity contribution >= 4 is 33.1 Å². The maximum Gasteiger partial charge on any atom is 0.148 e. The van der Waals surface area contributed by atoms with Gasteiger partial charge in [-0.3, -0.25) is 0 Å². The normalized spacial score (nSPS) is 12.4. The lowest BCUT2D eigenvalue weighted by atomic mass is 10.2. The van der Waals surface area contributed by atoms with E-state index in [-0.39, 0.29) is 6.04 Å². The van der Waals surface area contributed by atoms with E-state index in [1.165, 1.54) is 0 Å². The van der Waals surface area contributed by atoms with Gasteiger partial charge in [-0.15, -0.1) is 21.5 Å². The lowest BCUT2D eigenvalue weighted by Crippen LogP contribution is -2.19. The summed E-state index contributed by atoms with van der Waals surface area (Å²) in [5.41, 5.74) is 6.57. The van der Waals surface area contributed by atoms with Gasteiger partial charge < -0.3 is 11.1 Å². The average Bonchev–Trinajstić information content (AvgIpc) is 2.76. The number of halogens is 1. The number of thiophene rings is 1. The molecule has 18 heavy (non-hydrogen) atoms. The molecule has 1 unspecified atom stereocenters. The molecule has 0 spiro atoms. The molecule has 96 valence electrons. The Morgan fingerprint density at radius 2 is 2.28 bits per heavy atom. The van der Waals surface area contributed by atoms with Crippen LogP contribution in [0.4, 0.5) is 5.82 Å². The zero-order chi connectivity index (χ0) is 13.0. The highest BCUT2D eigenvalue weighted by molar-refractivity contribution is 9.10. The smallest absolute Gasteiger partial charge is 0.148 e. The highest BCUT2D eigenvalue weighted by Crippen LogP contribution is 2.28. The van der Waals surface area contributed by atoms with Crippen LogP contribution in [0, 0.1) is 0 Å². The van der Waals surface area contributed by atoms with Crippen LogP contribution in [0.25, 0.3) is 10.6 Å². The van der Waals surface area contributed by atoms with Crippen LogP contribution in [0.3, 0.4) is 0 Å². The summed E-state index contributed by atoms with van der Waals surface area (Å²) >= 11 is 5.07. The lowest BCUT2D eigenvalue weighted by molar-refractivity contribution is 0.688. The molecule has 2 aromatic heterocycles. The van der Waals surface area contributed by atoms with Crippen LogP contribution in [0.2, 0.25) is 0 Å². The van der Waals surface area contributed by atoms with Gasteiger partial charge in [0.1, 0.15) is 11.5 Å². The van der Waals surface area contributed by atoms with Gasteiger partial charge in [-0.1, -0.05) is 0 Å². The van der Waals surface area contributed by atoms with E-state index in [0.717, 1.165) is 33.8 Å². The Balaban J connectivity index is 1.97. The molecule has 0 aromatic carbocycles. The van der Waals surface area contributed by atoms with Gasteiger partial charge in [0.25, 0.3) is 0 Å². The average molecular weight is 327 g/mol. The summed E-state index contributed by atoms with van der Waals surface area (Å²) in [6, 6.07) is 6.15. The van der Waals surface area contributed by atoms with Gasteiger partial charge in [0.15, 0.2) is 0 Å². The predicted molar refractivity (Wildman–Crippen MR) is 79.8 cm³/mol. The molecule has 6 heteroatoms. The van der Waals surface area contributed by atoms with Crippen LogP contribution in [0.15, 0.2) is 28.1 Å². The Kier molecular flexibility index (Phi) is 4.68. The molecule has 1 atom stereocenters. The van der Waals surface area contributed by atoms with E-state index in [9.17, 15) is 0 Å². The van der Waals surface area contributed by atoms with Gasteiger partial charge in [0, 0.05) is 22.4 Å². The minimum absolute atomic E-state index is 0.202. The Bertz CT molecular complexity index is 495. The fourth-order valence-corrected chi connectivity index (χ4v) is 2.83. The van der Waals surface area contributed by atoms with Crippen LogP contribution in [-0.4, -0.2) is 22.8 Å². The first-order valence-electron chi connectivity index (χ1n) is 5.73. The van der Waals surface area contributed by atoms with Gasteiger partial charge in [-0.25, -0.2) is 0 Å². The number of nitrogens with one attached hydrogen (secondary N) is 1. The fourth-order valence-electron chi connectivity index (χ4n) is 1.43. The minimum atomic E-state index is 0.202. The van der Waals surface area contributed by atoms with Gasteiger partial charge >= 0.3 is 0 Å². The molecule has 0 amide bonds. The summed E-state index contributed by atoms with van der Waals surface area (Å²) in [5, 5.41) is 13.6. The molecule has 0 bridgehead atoms. The van der Waals surface area contributed by atoms with Crippen LogP contribution in [0.5, 0.6) is 0 Å². The lowest BCUT2D eigenvalue weighted by Gasteiger charge is -2.07. The number of anilines is 1. The van der Waals surface area contributed by atoms with Crippen molar-refractivity contribution in [3.63, 3.8) is 0 Å². The predicted octanol–water partition coefficient (Wildman–Crippen LogP) is 3.12. The van der Waals surface area contributed by atoms with Gasteiger partial charge in [-0.05, 0) is 47.5 Å². The first kappa shape index (κ1) is 13.5. The van der Waals surface area contributed by atoms with Gasteiger partial charge in [0.05, 0.1) is 4.88 Å². The molecule has 0 aliphatic heterocycles. The SMILES string of the molecule is CC(N)CCNc1ccc(-c2cc(Br)cs2)nn1. The van der Waals surface area contributed by atoms with Crippen molar-refractivity contribution < 1.29 is 0 Å². The summed E-state index contributed by atoms with van der Waals surface area (Å²) in [4.78, 5) is 1.11. The summed E-state index contributed by atoms with van der Waals surface area (Å²) in [7, 11) is 0. The van der Waals surface area contributed by atoms with E-state index >= 15 is 0 Å². The molecule has 0 aliphatic rings. The molecule has 3 N–H and O–H groups in total. The zero-order valence-electron chi connectivity index (χ0n) is 10.1. The summed E-state index contributed by atoms with van der Waals surface area (Å²) in [6.07, 6.45) is 0.918. The monoisotopic (exact) mass is 326 g/mol. The van der Waals surface area contributed by atoms with Crippen molar-refractivity contribution in [3.05, 3.63) is 28.1 Å². The molecular weight excluding hydrogens is 312 g/mol. The Hall–Kier alpha value is -0.980. The third-order valence-corrected chi connectivity index (χ3v) is 4.10. The number of hydrogen-bond acceptors (Lipinski definition) is 5. The van der Waals surface area contributed by atoms with E-state index in [1.807, 2.05) is 30.5 Å². The van der Waals surface area contributed by atoms with Crippen molar-refractivity contribution in [2.45, 2.75) is 19.4 Å². The molecule has 0 radical (unpaired) electrons. The Morgan fingerprint density at radius 3 is 2.83 bits per heavy atom. The summed E-state index contributed by atoms with van der Waals surface area (Å²) in [6.45, 7) is 2.81. The topological polar surface area (TPSA) is 63.8 Å². The van der Waals surface area contributed by atoms with E-state index < -0.39 is 0 Å². The minimum Gasteiger partial charge on any atom is -0.369 e.